The minimum Gasteiger partial charge on any atom is -0.508 e. The molecule has 0 aliphatic heterocycles. The van der Waals surface area contributed by atoms with Gasteiger partial charge < -0.3 is 5.11 Å². The predicted octanol–water partition coefficient (Wildman–Crippen LogP) is 5.63. The lowest BCUT2D eigenvalue weighted by atomic mass is 10.2. The molecule has 3 aromatic rings. The molecule has 0 atom stereocenters. The third-order valence-corrected chi connectivity index (χ3v) is 5.50. The van der Waals surface area contributed by atoms with Gasteiger partial charge >= 0.3 is 0 Å². The molecule has 0 saturated heterocycles. The van der Waals surface area contributed by atoms with Crippen LogP contribution in [0.3, 0.4) is 0 Å². The Balaban J connectivity index is 1.88. The Kier molecular flexibility index (Phi) is 4.25. The number of hydrogen-bond donors (Lipinski definition) is 1. The summed E-state index contributed by atoms with van der Waals surface area (Å²) in [6, 6.07) is 17.1. The topological polar surface area (TPSA) is 48.4 Å². The lowest BCUT2D eigenvalue weighted by Crippen LogP contribution is -1.69. The van der Waals surface area contributed by atoms with Gasteiger partial charge in [0.05, 0.1) is 12.6 Å². The third-order valence-electron chi connectivity index (χ3n) is 3.14. The standard InChI is InChI=1S/C18H10N2OS2/c1-20-13(11-19)10-15-6-7-17(22-15)18-9-8-16(23-18)12-2-4-14(21)5-3-12/h2-10,21H. The predicted molar refractivity (Wildman–Crippen MR) is 94.9 cm³/mol. The van der Waals surface area contributed by atoms with Gasteiger partial charge in [-0.1, -0.05) is 0 Å². The summed E-state index contributed by atoms with van der Waals surface area (Å²) < 4.78 is 0. The highest BCUT2D eigenvalue weighted by Gasteiger charge is 2.08. The number of benzene rings is 1. The van der Waals surface area contributed by atoms with Crippen LogP contribution in [0.2, 0.25) is 0 Å². The minimum atomic E-state index is 0.0920. The number of nitrogens with zero attached hydrogens (tertiary/aromatic N) is 2. The molecule has 110 valence electrons. The van der Waals surface area contributed by atoms with Gasteiger partial charge in [0.1, 0.15) is 5.75 Å². The van der Waals surface area contributed by atoms with E-state index in [2.05, 4.69) is 17.0 Å². The van der Waals surface area contributed by atoms with Crippen LogP contribution in [0.1, 0.15) is 4.88 Å². The molecule has 3 rings (SSSR count). The number of rotatable bonds is 3. The molecule has 0 bridgehead atoms. The molecular formula is C18H10N2OS2. The fourth-order valence-corrected chi connectivity index (χ4v) is 4.09. The second kappa shape index (κ2) is 6.50. The molecule has 23 heavy (non-hydrogen) atoms. The smallest absolute Gasteiger partial charge is 0.263 e. The molecule has 0 saturated carbocycles. The minimum absolute atomic E-state index is 0.0920. The van der Waals surface area contributed by atoms with Crippen molar-refractivity contribution >= 4 is 28.7 Å². The van der Waals surface area contributed by atoms with E-state index in [1.54, 1.807) is 40.9 Å². The number of phenolic OH excluding ortho intramolecular Hbond substituents is 1. The number of phenols is 1. The fourth-order valence-electron chi connectivity index (χ4n) is 2.04. The zero-order valence-corrected chi connectivity index (χ0v) is 13.5. The zero-order chi connectivity index (χ0) is 16.2. The van der Waals surface area contributed by atoms with Gasteiger partial charge in [-0.05, 0) is 60.2 Å². The zero-order valence-electron chi connectivity index (χ0n) is 11.9. The van der Waals surface area contributed by atoms with Crippen molar-refractivity contribution < 1.29 is 5.11 Å². The first-order valence-corrected chi connectivity index (χ1v) is 8.31. The van der Waals surface area contributed by atoms with Crippen LogP contribution in [0.4, 0.5) is 0 Å². The summed E-state index contributed by atoms with van der Waals surface area (Å²) in [5.74, 6) is 0.258. The maximum Gasteiger partial charge on any atom is 0.263 e. The summed E-state index contributed by atoms with van der Waals surface area (Å²) in [5.41, 5.74) is 1.16. The number of thiophene rings is 2. The van der Waals surface area contributed by atoms with Crippen molar-refractivity contribution in [3.8, 4) is 32.0 Å². The van der Waals surface area contributed by atoms with Gasteiger partial charge in [0, 0.05) is 19.5 Å². The Morgan fingerprint density at radius 3 is 2.35 bits per heavy atom. The number of nitriles is 1. The summed E-state index contributed by atoms with van der Waals surface area (Å²) in [4.78, 5) is 7.44. The first-order chi connectivity index (χ1) is 11.2. The maximum absolute atomic E-state index is 9.36. The van der Waals surface area contributed by atoms with Crippen LogP contribution in [0, 0.1) is 17.9 Å². The lowest BCUT2D eigenvalue weighted by molar-refractivity contribution is 0.475. The van der Waals surface area contributed by atoms with Crippen molar-refractivity contribution in [3.05, 3.63) is 70.5 Å². The van der Waals surface area contributed by atoms with E-state index in [4.69, 9.17) is 11.8 Å². The molecule has 0 unspecified atom stereocenters. The molecule has 0 radical (unpaired) electrons. The van der Waals surface area contributed by atoms with Crippen LogP contribution in [0.25, 0.3) is 31.1 Å². The van der Waals surface area contributed by atoms with Crippen LogP contribution in [-0.2, 0) is 0 Å². The van der Waals surface area contributed by atoms with Crippen LogP contribution in [0.5, 0.6) is 5.75 Å². The number of allylic oxidation sites excluding steroid dienone is 1. The van der Waals surface area contributed by atoms with Crippen molar-refractivity contribution in [1.29, 1.82) is 5.26 Å². The summed E-state index contributed by atoms with van der Waals surface area (Å²) in [6.45, 7) is 6.92. The molecular weight excluding hydrogens is 324 g/mol. The molecule has 0 aliphatic rings. The second-order valence-electron chi connectivity index (χ2n) is 4.67. The Labute approximate surface area is 141 Å². The molecule has 1 N–H and O–H groups in total. The summed E-state index contributed by atoms with van der Waals surface area (Å²) >= 11 is 3.23. The molecule has 0 amide bonds. The van der Waals surface area contributed by atoms with Crippen molar-refractivity contribution in [2.75, 3.05) is 0 Å². The van der Waals surface area contributed by atoms with Gasteiger partial charge in [-0.25, -0.2) is 10.1 Å². The van der Waals surface area contributed by atoms with E-state index < -0.39 is 0 Å². The van der Waals surface area contributed by atoms with E-state index in [9.17, 15) is 5.11 Å². The Hall–Kier alpha value is -2.86. The van der Waals surface area contributed by atoms with Crippen LogP contribution in [-0.4, -0.2) is 5.11 Å². The molecule has 0 fully saturated rings. The average Bonchev–Trinajstić information content (AvgIpc) is 3.22. The van der Waals surface area contributed by atoms with E-state index >= 15 is 0 Å². The normalized spacial score (nSPS) is 11.0. The molecule has 5 heteroatoms. The van der Waals surface area contributed by atoms with Crippen molar-refractivity contribution in [2.45, 2.75) is 0 Å². The summed E-state index contributed by atoms with van der Waals surface area (Å²) in [7, 11) is 0. The van der Waals surface area contributed by atoms with Gasteiger partial charge in [-0.15, -0.1) is 22.7 Å². The first kappa shape index (κ1) is 15.1. The molecule has 2 aromatic heterocycles. The molecule has 2 heterocycles. The second-order valence-corrected chi connectivity index (χ2v) is 6.87. The van der Waals surface area contributed by atoms with Crippen LogP contribution >= 0.6 is 22.7 Å². The fraction of sp³-hybridized carbons (Fsp3) is 0. The quantitative estimate of drug-likeness (QED) is 0.498. The molecule has 1 aromatic carbocycles. The lowest BCUT2D eigenvalue weighted by Gasteiger charge is -1.97. The average molecular weight is 334 g/mol. The molecule has 3 nitrogen and oxygen atoms in total. The van der Waals surface area contributed by atoms with Crippen LogP contribution in [0.15, 0.2) is 54.2 Å². The van der Waals surface area contributed by atoms with Gasteiger partial charge in [-0.2, -0.15) is 0 Å². The summed E-state index contributed by atoms with van der Waals surface area (Å²) in [6.07, 6.45) is 1.61. The van der Waals surface area contributed by atoms with E-state index in [1.807, 2.05) is 30.3 Å². The largest absolute Gasteiger partial charge is 0.508 e. The van der Waals surface area contributed by atoms with Crippen LogP contribution < -0.4 is 0 Å². The van der Waals surface area contributed by atoms with Gasteiger partial charge in [0.2, 0.25) is 0 Å². The highest BCUT2D eigenvalue weighted by molar-refractivity contribution is 7.24. The van der Waals surface area contributed by atoms with Gasteiger partial charge in [0.15, 0.2) is 0 Å². The van der Waals surface area contributed by atoms with Gasteiger partial charge in [-0.3, -0.25) is 0 Å². The van der Waals surface area contributed by atoms with E-state index in [1.165, 1.54) is 0 Å². The Morgan fingerprint density at radius 1 is 1.00 bits per heavy atom. The van der Waals surface area contributed by atoms with Crippen molar-refractivity contribution in [3.63, 3.8) is 0 Å². The van der Waals surface area contributed by atoms with E-state index in [-0.39, 0.29) is 11.4 Å². The monoisotopic (exact) mass is 334 g/mol. The SMILES string of the molecule is [C-]#[N+]C(C#N)=Cc1ccc(-c2ccc(-c3ccc(O)cc3)s2)s1. The maximum atomic E-state index is 9.36. The van der Waals surface area contributed by atoms with E-state index in [0.717, 1.165) is 25.1 Å². The third kappa shape index (κ3) is 3.32. The number of aromatic hydroxyl groups is 1. The Bertz CT molecular complexity index is 934. The first-order valence-electron chi connectivity index (χ1n) is 6.68. The molecule has 0 aliphatic carbocycles. The summed E-state index contributed by atoms with van der Waals surface area (Å²) in [5, 5.41) is 18.2. The van der Waals surface area contributed by atoms with Crippen molar-refractivity contribution in [1.82, 2.24) is 0 Å². The number of hydrogen-bond acceptors (Lipinski definition) is 4. The van der Waals surface area contributed by atoms with Crippen molar-refractivity contribution in [2.24, 2.45) is 0 Å². The Morgan fingerprint density at radius 2 is 1.65 bits per heavy atom. The van der Waals surface area contributed by atoms with E-state index in [0.29, 0.717) is 0 Å². The highest BCUT2D eigenvalue weighted by Crippen LogP contribution is 2.38. The highest BCUT2D eigenvalue weighted by atomic mass is 32.1. The molecule has 0 spiro atoms. The van der Waals surface area contributed by atoms with Gasteiger partial charge in [0.25, 0.3) is 5.70 Å².